The smallest absolute Gasteiger partial charge is 0.244 e. The van der Waals surface area contributed by atoms with Crippen LogP contribution >= 0.6 is 0 Å². The average Bonchev–Trinajstić information content (AvgIpc) is 2.36. The minimum atomic E-state index is -0.425. The van der Waals surface area contributed by atoms with Gasteiger partial charge in [-0.15, -0.1) is 0 Å². The van der Waals surface area contributed by atoms with Gasteiger partial charge in [-0.3, -0.25) is 4.79 Å². The van der Waals surface area contributed by atoms with Gasteiger partial charge in [0.25, 0.3) is 0 Å². The van der Waals surface area contributed by atoms with Crippen LogP contribution in [0.5, 0.6) is 5.75 Å². The Kier molecular flexibility index (Phi) is 3.10. The molecule has 1 aromatic rings. The summed E-state index contributed by atoms with van der Waals surface area (Å²) in [5, 5.41) is 0. The summed E-state index contributed by atoms with van der Waals surface area (Å²) in [6.45, 7) is 3.01. The molecule has 4 heteroatoms. The molecule has 4 nitrogen and oxygen atoms in total. The molecule has 1 amide bonds. The zero-order valence-corrected chi connectivity index (χ0v) is 9.35. The zero-order valence-electron chi connectivity index (χ0n) is 9.35. The molecule has 16 heavy (non-hydrogen) atoms. The lowest BCUT2D eigenvalue weighted by Crippen LogP contribution is -2.46. The normalized spacial score (nSPS) is 16.2. The van der Waals surface area contributed by atoms with Crippen molar-refractivity contribution in [2.45, 2.75) is 19.4 Å². The van der Waals surface area contributed by atoms with Crippen molar-refractivity contribution in [1.82, 2.24) is 0 Å². The summed E-state index contributed by atoms with van der Waals surface area (Å²) < 4.78 is 5.48. The van der Waals surface area contributed by atoms with Gasteiger partial charge in [0.15, 0.2) is 0 Å². The van der Waals surface area contributed by atoms with Crippen molar-refractivity contribution < 1.29 is 9.53 Å². The van der Waals surface area contributed by atoms with Gasteiger partial charge in [-0.1, -0.05) is 19.1 Å². The molecule has 0 aromatic heterocycles. The van der Waals surface area contributed by atoms with Gasteiger partial charge in [-0.25, -0.2) is 0 Å². The fourth-order valence-corrected chi connectivity index (χ4v) is 1.77. The van der Waals surface area contributed by atoms with Gasteiger partial charge in [0.05, 0.1) is 18.3 Å². The van der Waals surface area contributed by atoms with E-state index in [4.69, 9.17) is 10.5 Å². The van der Waals surface area contributed by atoms with Crippen molar-refractivity contribution in [3.63, 3.8) is 0 Å². The standard InChI is InChI=1S/C12H16N2O2/c1-2-9(13)12(15)14-7-8-16-11-6-4-3-5-10(11)14/h3-6,9H,2,7-8,13H2,1H3/t9-/m1/s1. The summed E-state index contributed by atoms with van der Waals surface area (Å²) in [6, 6.07) is 7.12. The van der Waals surface area contributed by atoms with Crippen molar-refractivity contribution in [1.29, 1.82) is 0 Å². The lowest BCUT2D eigenvalue weighted by molar-refractivity contribution is -0.120. The highest BCUT2D eigenvalue weighted by atomic mass is 16.5. The van der Waals surface area contributed by atoms with Gasteiger partial charge in [0.2, 0.25) is 5.91 Å². The Labute approximate surface area is 95.0 Å². The lowest BCUT2D eigenvalue weighted by atomic mass is 10.1. The van der Waals surface area contributed by atoms with Crippen LogP contribution in [0.3, 0.4) is 0 Å². The van der Waals surface area contributed by atoms with Gasteiger partial charge < -0.3 is 15.4 Å². The Morgan fingerprint density at radius 1 is 1.56 bits per heavy atom. The van der Waals surface area contributed by atoms with E-state index in [0.717, 1.165) is 11.4 Å². The molecule has 2 rings (SSSR count). The molecule has 2 N–H and O–H groups in total. The molecular formula is C12H16N2O2. The van der Waals surface area contributed by atoms with Crippen LogP contribution in [-0.2, 0) is 4.79 Å². The molecule has 0 bridgehead atoms. The maximum Gasteiger partial charge on any atom is 0.244 e. The molecule has 1 aliphatic heterocycles. The van der Waals surface area contributed by atoms with Crippen LogP contribution in [0.2, 0.25) is 0 Å². The van der Waals surface area contributed by atoms with Crippen LogP contribution in [0.1, 0.15) is 13.3 Å². The number of hydrogen-bond donors (Lipinski definition) is 1. The summed E-state index contributed by atoms with van der Waals surface area (Å²) in [7, 11) is 0. The molecule has 86 valence electrons. The van der Waals surface area contributed by atoms with Crippen LogP contribution in [0.15, 0.2) is 24.3 Å². The molecule has 0 spiro atoms. The number of fused-ring (bicyclic) bond motifs is 1. The second-order valence-corrected chi connectivity index (χ2v) is 3.82. The summed E-state index contributed by atoms with van der Waals surface area (Å²) in [5.74, 6) is 0.726. The monoisotopic (exact) mass is 220 g/mol. The topological polar surface area (TPSA) is 55.6 Å². The third kappa shape index (κ3) is 1.88. The second-order valence-electron chi connectivity index (χ2n) is 3.82. The minimum absolute atomic E-state index is 0.0294. The van der Waals surface area contributed by atoms with Crippen molar-refractivity contribution in [3.05, 3.63) is 24.3 Å². The second kappa shape index (κ2) is 4.53. The molecule has 0 radical (unpaired) electrons. The SMILES string of the molecule is CC[C@@H](N)C(=O)N1CCOc2ccccc21. The van der Waals surface area contributed by atoms with Crippen LogP contribution in [-0.4, -0.2) is 25.1 Å². The molecule has 0 fully saturated rings. The number of benzene rings is 1. The van der Waals surface area contributed by atoms with Gasteiger partial charge >= 0.3 is 0 Å². The van der Waals surface area contributed by atoms with Gasteiger partial charge in [-0.05, 0) is 18.6 Å². The molecule has 0 saturated heterocycles. The quantitative estimate of drug-likeness (QED) is 0.813. The molecule has 1 atom stereocenters. The van der Waals surface area contributed by atoms with Crippen LogP contribution in [0.25, 0.3) is 0 Å². The third-order valence-corrected chi connectivity index (χ3v) is 2.75. The van der Waals surface area contributed by atoms with Crippen molar-refractivity contribution in [2.24, 2.45) is 5.73 Å². The molecular weight excluding hydrogens is 204 g/mol. The van der Waals surface area contributed by atoms with E-state index in [0.29, 0.717) is 19.6 Å². The number of rotatable bonds is 2. The molecule has 0 unspecified atom stereocenters. The Balaban J connectivity index is 2.28. The molecule has 0 saturated carbocycles. The number of ether oxygens (including phenoxy) is 1. The lowest BCUT2D eigenvalue weighted by Gasteiger charge is -2.31. The molecule has 1 heterocycles. The highest BCUT2D eigenvalue weighted by molar-refractivity contribution is 5.98. The fourth-order valence-electron chi connectivity index (χ4n) is 1.77. The van der Waals surface area contributed by atoms with E-state index in [2.05, 4.69) is 0 Å². The molecule has 1 aliphatic rings. The van der Waals surface area contributed by atoms with E-state index in [1.54, 1.807) is 4.90 Å². The van der Waals surface area contributed by atoms with Crippen LogP contribution < -0.4 is 15.4 Å². The van der Waals surface area contributed by atoms with Gasteiger partial charge in [0, 0.05) is 0 Å². The zero-order chi connectivity index (χ0) is 11.5. The minimum Gasteiger partial charge on any atom is -0.490 e. The number of nitrogens with zero attached hydrogens (tertiary/aromatic N) is 1. The first-order valence-corrected chi connectivity index (χ1v) is 5.53. The number of para-hydroxylation sites is 2. The first kappa shape index (κ1) is 11.0. The van der Waals surface area contributed by atoms with Gasteiger partial charge in [-0.2, -0.15) is 0 Å². The van der Waals surface area contributed by atoms with E-state index in [9.17, 15) is 4.79 Å². The number of carbonyl (C=O) groups excluding carboxylic acids is 1. The number of hydrogen-bond acceptors (Lipinski definition) is 3. The first-order chi connectivity index (χ1) is 7.74. The largest absolute Gasteiger partial charge is 0.490 e. The number of nitrogens with two attached hydrogens (primary N) is 1. The van der Waals surface area contributed by atoms with E-state index < -0.39 is 6.04 Å². The summed E-state index contributed by atoms with van der Waals surface area (Å²) in [5.41, 5.74) is 6.59. The number of anilines is 1. The highest BCUT2D eigenvalue weighted by Gasteiger charge is 2.26. The van der Waals surface area contributed by atoms with Crippen molar-refractivity contribution in [2.75, 3.05) is 18.1 Å². The Hall–Kier alpha value is -1.55. The van der Waals surface area contributed by atoms with Crippen LogP contribution in [0.4, 0.5) is 5.69 Å². The molecule has 0 aliphatic carbocycles. The fraction of sp³-hybridized carbons (Fsp3) is 0.417. The predicted octanol–water partition coefficient (Wildman–Crippen LogP) is 1.15. The predicted molar refractivity (Wildman–Crippen MR) is 62.6 cm³/mol. The maximum atomic E-state index is 12.0. The summed E-state index contributed by atoms with van der Waals surface area (Å²) >= 11 is 0. The Morgan fingerprint density at radius 2 is 2.31 bits per heavy atom. The van der Waals surface area contributed by atoms with Crippen LogP contribution in [0, 0.1) is 0 Å². The first-order valence-electron chi connectivity index (χ1n) is 5.53. The van der Waals surface area contributed by atoms with E-state index >= 15 is 0 Å². The summed E-state index contributed by atoms with van der Waals surface area (Å²) in [4.78, 5) is 13.8. The van der Waals surface area contributed by atoms with E-state index in [1.807, 2.05) is 31.2 Å². The van der Waals surface area contributed by atoms with E-state index in [-0.39, 0.29) is 5.91 Å². The summed E-state index contributed by atoms with van der Waals surface area (Å²) in [6.07, 6.45) is 0.651. The number of amides is 1. The Bertz CT molecular complexity index is 392. The average molecular weight is 220 g/mol. The number of carbonyl (C=O) groups is 1. The van der Waals surface area contributed by atoms with Crippen molar-refractivity contribution in [3.8, 4) is 5.75 Å². The Morgan fingerprint density at radius 3 is 3.06 bits per heavy atom. The maximum absolute atomic E-state index is 12.0. The highest BCUT2D eigenvalue weighted by Crippen LogP contribution is 2.31. The molecule has 1 aromatic carbocycles. The van der Waals surface area contributed by atoms with E-state index in [1.165, 1.54) is 0 Å². The van der Waals surface area contributed by atoms with Gasteiger partial charge in [0.1, 0.15) is 12.4 Å². The van der Waals surface area contributed by atoms with Crippen molar-refractivity contribution >= 4 is 11.6 Å². The third-order valence-electron chi connectivity index (χ3n) is 2.75.